The van der Waals surface area contributed by atoms with Crippen molar-refractivity contribution < 1.29 is 9.31 Å². The third-order valence-electron chi connectivity index (χ3n) is 4.05. The fourth-order valence-electron chi connectivity index (χ4n) is 2.22. The predicted octanol–water partition coefficient (Wildman–Crippen LogP) is 3.03. The molecule has 0 aromatic carbocycles. The Hall–Kier alpha value is 0.00494. The molecule has 18 heavy (non-hydrogen) atoms. The minimum absolute atomic E-state index is 0.0509. The first-order valence-corrected chi connectivity index (χ1v) is 8.48. The third kappa shape index (κ3) is 2.63. The van der Waals surface area contributed by atoms with Crippen molar-refractivity contribution in [3.8, 4) is 0 Å². The normalized spacial score (nSPS) is 32.1. The molecule has 1 atom stereocenters. The summed E-state index contributed by atoms with van der Waals surface area (Å²) in [7, 11) is -0.354. The van der Waals surface area contributed by atoms with E-state index in [2.05, 4.69) is 46.5 Å². The molecule has 0 radical (unpaired) electrons. The van der Waals surface area contributed by atoms with Gasteiger partial charge in [-0.1, -0.05) is 13.8 Å². The first-order valence-electron chi connectivity index (χ1n) is 6.88. The van der Waals surface area contributed by atoms with Crippen LogP contribution in [0.3, 0.4) is 0 Å². The molecule has 0 saturated carbocycles. The Morgan fingerprint density at radius 1 is 1.22 bits per heavy atom. The zero-order valence-electron chi connectivity index (χ0n) is 12.5. The van der Waals surface area contributed by atoms with E-state index >= 15 is 0 Å². The van der Waals surface area contributed by atoms with E-state index in [0.29, 0.717) is 5.92 Å². The minimum Gasteiger partial charge on any atom is -0.395 e. The average Bonchev–Trinajstić information content (AvgIpc) is 2.69. The molecule has 2 aliphatic heterocycles. The zero-order valence-corrected chi connectivity index (χ0v) is 13.4. The lowest BCUT2D eigenvalue weighted by atomic mass is 9.90. The molecular formula is C13H26BNO2S. The van der Waals surface area contributed by atoms with Crippen molar-refractivity contribution in [3.05, 3.63) is 0 Å². The summed E-state index contributed by atoms with van der Waals surface area (Å²) in [6, 6.07) is 0. The van der Waals surface area contributed by atoms with Crippen molar-refractivity contribution in [1.29, 1.82) is 0 Å². The molecule has 1 fully saturated rings. The van der Waals surface area contributed by atoms with Crippen molar-refractivity contribution in [2.75, 3.05) is 12.3 Å². The van der Waals surface area contributed by atoms with Gasteiger partial charge in [-0.3, -0.25) is 4.99 Å². The molecule has 2 aliphatic rings. The summed E-state index contributed by atoms with van der Waals surface area (Å²) in [5.41, 5.74) is -0.433. The molecule has 0 bridgehead atoms. The highest BCUT2D eigenvalue weighted by atomic mass is 32.2. The van der Waals surface area contributed by atoms with E-state index in [9.17, 15) is 0 Å². The second kappa shape index (κ2) is 4.84. The van der Waals surface area contributed by atoms with E-state index in [1.807, 2.05) is 0 Å². The molecule has 0 N–H and O–H groups in total. The summed E-state index contributed by atoms with van der Waals surface area (Å²) in [6.07, 6.45) is 1.04. The van der Waals surface area contributed by atoms with Crippen LogP contribution >= 0.6 is 10.7 Å². The van der Waals surface area contributed by atoms with Crippen LogP contribution in [0.15, 0.2) is 4.99 Å². The van der Waals surface area contributed by atoms with Crippen LogP contribution in [0.4, 0.5) is 0 Å². The lowest BCUT2D eigenvalue weighted by Crippen LogP contribution is -2.41. The second-order valence-corrected chi connectivity index (χ2v) is 8.98. The van der Waals surface area contributed by atoms with E-state index in [-0.39, 0.29) is 28.3 Å². The van der Waals surface area contributed by atoms with Gasteiger partial charge in [0.2, 0.25) is 0 Å². The standard InChI is InChI=1S/C13H26BNO2S/c1-10(2)9-11-15-7-8-18(11)14-16-12(3,4)13(5,6)17-14/h10,18H,7-9H2,1-6H3. The highest BCUT2D eigenvalue weighted by Crippen LogP contribution is 2.48. The molecule has 5 heteroatoms. The van der Waals surface area contributed by atoms with E-state index in [0.717, 1.165) is 18.7 Å². The lowest BCUT2D eigenvalue weighted by molar-refractivity contribution is 0.00578. The SMILES string of the molecule is CC(C)CC1=NCC[SH]1B1OC(C)(C)C(C)(C)O1. The lowest BCUT2D eigenvalue weighted by Gasteiger charge is -2.32. The molecule has 0 aromatic rings. The molecular weight excluding hydrogens is 245 g/mol. The van der Waals surface area contributed by atoms with Gasteiger partial charge in [0, 0.05) is 11.6 Å². The summed E-state index contributed by atoms with van der Waals surface area (Å²) < 4.78 is 12.4. The van der Waals surface area contributed by atoms with Gasteiger partial charge in [0.25, 0.3) is 0 Å². The fourth-order valence-corrected chi connectivity index (χ4v) is 4.91. The Balaban J connectivity index is 2.08. The van der Waals surface area contributed by atoms with Gasteiger partial charge in [0.05, 0.1) is 11.2 Å². The van der Waals surface area contributed by atoms with Crippen molar-refractivity contribution in [1.82, 2.24) is 0 Å². The van der Waals surface area contributed by atoms with Crippen molar-refractivity contribution in [3.63, 3.8) is 0 Å². The monoisotopic (exact) mass is 271 g/mol. The number of rotatable bonds is 3. The van der Waals surface area contributed by atoms with E-state index in [1.165, 1.54) is 5.04 Å². The van der Waals surface area contributed by atoms with Crippen LogP contribution < -0.4 is 0 Å². The molecule has 2 rings (SSSR count). The number of hydrogen-bond acceptors (Lipinski definition) is 3. The summed E-state index contributed by atoms with van der Waals surface area (Å²) >= 11 is 0. The van der Waals surface area contributed by atoms with E-state index in [4.69, 9.17) is 9.31 Å². The molecule has 0 spiro atoms. The number of thiol groups is 1. The van der Waals surface area contributed by atoms with Gasteiger partial charge in [-0.2, -0.15) is 10.7 Å². The molecule has 0 aliphatic carbocycles. The van der Waals surface area contributed by atoms with Crippen molar-refractivity contribution in [2.45, 2.75) is 59.2 Å². The fraction of sp³-hybridized carbons (Fsp3) is 0.923. The largest absolute Gasteiger partial charge is 0.518 e. The number of aliphatic imine (C=N–C) groups is 1. The highest BCUT2D eigenvalue weighted by molar-refractivity contribution is 8.49. The van der Waals surface area contributed by atoms with E-state index < -0.39 is 0 Å². The molecule has 0 aromatic heterocycles. The summed E-state index contributed by atoms with van der Waals surface area (Å²) in [5, 5.41) is 1.36. The number of hydrogen-bond donors (Lipinski definition) is 1. The van der Waals surface area contributed by atoms with Crippen LogP contribution in [0.2, 0.25) is 0 Å². The van der Waals surface area contributed by atoms with Gasteiger partial charge in [-0.15, -0.1) is 0 Å². The molecule has 104 valence electrons. The maximum Gasteiger partial charge on any atom is 0.518 e. The Morgan fingerprint density at radius 3 is 2.28 bits per heavy atom. The summed E-state index contributed by atoms with van der Waals surface area (Å²) in [5.74, 6) is 1.79. The quantitative estimate of drug-likeness (QED) is 0.632. The smallest absolute Gasteiger partial charge is 0.395 e. The maximum absolute atomic E-state index is 6.19. The van der Waals surface area contributed by atoms with Gasteiger partial charge in [0.15, 0.2) is 0 Å². The van der Waals surface area contributed by atoms with Crippen molar-refractivity contribution >= 4 is 22.2 Å². The van der Waals surface area contributed by atoms with Gasteiger partial charge in [-0.05, 0) is 45.8 Å². The Kier molecular flexibility index (Phi) is 3.87. The second-order valence-electron chi connectivity index (χ2n) is 6.65. The average molecular weight is 271 g/mol. The minimum atomic E-state index is -0.354. The van der Waals surface area contributed by atoms with Crippen LogP contribution in [0.25, 0.3) is 0 Å². The van der Waals surface area contributed by atoms with Crippen LogP contribution in [0.1, 0.15) is 48.0 Å². The zero-order chi connectivity index (χ0) is 13.6. The van der Waals surface area contributed by atoms with Gasteiger partial charge < -0.3 is 9.31 Å². The van der Waals surface area contributed by atoms with Gasteiger partial charge in [0.1, 0.15) is 0 Å². The Morgan fingerprint density at radius 2 is 1.78 bits per heavy atom. The van der Waals surface area contributed by atoms with Crippen LogP contribution in [-0.4, -0.2) is 34.9 Å². The first kappa shape index (κ1) is 14.4. The van der Waals surface area contributed by atoms with Crippen LogP contribution in [0.5, 0.6) is 0 Å². The summed E-state index contributed by atoms with van der Waals surface area (Å²) in [4.78, 5) is 4.68. The first-order chi connectivity index (χ1) is 8.23. The topological polar surface area (TPSA) is 30.8 Å². The third-order valence-corrected chi connectivity index (χ3v) is 6.44. The molecule has 3 nitrogen and oxygen atoms in total. The molecule has 0 amide bonds. The highest BCUT2D eigenvalue weighted by Gasteiger charge is 2.54. The summed E-state index contributed by atoms with van der Waals surface area (Å²) in [6.45, 7) is 13.9. The maximum atomic E-state index is 6.19. The van der Waals surface area contributed by atoms with Crippen molar-refractivity contribution in [2.24, 2.45) is 10.9 Å². The number of nitrogens with zero attached hydrogens (tertiary/aromatic N) is 1. The van der Waals surface area contributed by atoms with Crippen LogP contribution in [0, 0.1) is 5.92 Å². The Bertz CT molecular complexity index is 339. The van der Waals surface area contributed by atoms with Crippen LogP contribution in [-0.2, 0) is 9.31 Å². The van der Waals surface area contributed by atoms with Gasteiger partial charge in [-0.25, -0.2) is 0 Å². The van der Waals surface area contributed by atoms with E-state index in [1.54, 1.807) is 0 Å². The molecule has 1 unspecified atom stereocenters. The Labute approximate surface area is 114 Å². The molecule has 1 saturated heterocycles. The van der Waals surface area contributed by atoms with Gasteiger partial charge >= 0.3 is 6.40 Å². The molecule has 2 heterocycles. The predicted molar refractivity (Wildman–Crippen MR) is 81.7 cm³/mol.